The summed E-state index contributed by atoms with van der Waals surface area (Å²) in [5, 5.41) is 1.03. The lowest BCUT2D eigenvalue weighted by Crippen LogP contribution is -2.45. The van der Waals surface area contributed by atoms with Gasteiger partial charge in [-0.15, -0.1) is 0 Å². The third kappa shape index (κ3) is 3.42. The van der Waals surface area contributed by atoms with Crippen LogP contribution in [0.4, 0.5) is 0 Å². The fourth-order valence-corrected chi connectivity index (χ4v) is 4.05. The lowest BCUT2D eigenvalue weighted by atomic mass is 9.92. The Morgan fingerprint density at radius 3 is 3.10 bits per heavy atom. The minimum atomic E-state index is -0.0115. The fraction of sp³-hybridized carbons (Fsp3) is 0.588. The van der Waals surface area contributed by atoms with E-state index in [2.05, 4.69) is 26.9 Å². The average Bonchev–Trinajstić information content (AvgIpc) is 2.54. The smallest absolute Gasteiger partial charge is 0.229 e. The van der Waals surface area contributed by atoms with E-state index in [-0.39, 0.29) is 11.8 Å². The molecule has 0 aromatic heterocycles. The summed E-state index contributed by atoms with van der Waals surface area (Å²) in [5.74, 6) is 1.86. The summed E-state index contributed by atoms with van der Waals surface area (Å²) < 4.78 is 5.77. The molecule has 1 aromatic rings. The van der Waals surface area contributed by atoms with E-state index >= 15 is 0 Å². The van der Waals surface area contributed by atoms with E-state index in [1.165, 1.54) is 6.42 Å². The summed E-state index contributed by atoms with van der Waals surface area (Å²) in [7, 11) is 0. The molecule has 2 atom stereocenters. The molecule has 3 nitrogen and oxygen atoms in total. The van der Waals surface area contributed by atoms with E-state index in [4.69, 9.17) is 4.74 Å². The summed E-state index contributed by atoms with van der Waals surface area (Å²) >= 11 is 3.51. The molecule has 2 aliphatic rings. The summed E-state index contributed by atoms with van der Waals surface area (Å²) in [6, 6.07) is 8.06. The summed E-state index contributed by atoms with van der Waals surface area (Å²) in [5.41, 5.74) is 1.16. The molecule has 0 N–H and O–H groups in total. The minimum Gasteiger partial charge on any atom is -0.492 e. The van der Waals surface area contributed by atoms with Crippen LogP contribution in [0, 0.1) is 11.8 Å². The lowest BCUT2D eigenvalue weighted by Gasteiger charge is -2.36. The van der Waals surface area contributed by atoms with Gasteiger partial charge in [0.2, 0.25) is 5.91 Å². The zero-order valence-corrected chi connectivity index (χ0v) is 13.8. The number of benzene rings is 1. The van der Waals surface area contributed by atoms with Crippen molar-refractivity contribution in [2.24, 2.45) is 11.8 Å². The van der Waals surface area contributed by atoms with E-state index in [1.54, 1.807) is 0 Å². The van der Waals surface area contributed by atoms with Gasteiger partial charge in [-0.1, -0.05) is 34.1 Å². The van der Waals surface area contributed by atoms with E-state index in [9.17, 15) is 4.79 Å². The molecule has 1 saturated heterocycles. The molecule has 1 amide bonds. The van der Waals surface area contributed by atoms with Crippen molar-refractivity contribution in [2.45, 2.75) is 25.7 Å². The van der Waals surface area contributed by atoms with Crippen LogP contribution in [-0.4, -0.2) is 35.8 Å². The maximum absolute atomic E-state index is 12.7. The van der Waals surface area contributed by atoms with Gasteiger partial charge in [0.25, 0.3) is 0 Å². The molecule has 21 heavy (non-hydrogen) atoms. The molecule has 114 valence electrons. The number of carbonyl (C=O) groups is 1. The largest absolute Gasteiger partial charge is 0.492 e. The molecule has 0 spiro atoms. The second-order valence-corrected chi connectivity index (χ2v) is 6.88. The molecule has 4 heteroatoms. The minimum absolute atomic E-state index is 0.0115. The Balaban J connectivity index is 1.63. The first-order valence-electron chi connectivity index (χ1n) is 7.83. The first-order valence-corrected chi connectivity index (χ1v) is 8.95. The molecule has 0 bridgehead atoms. The van der Waals surface area contributed by atoms with Crippen molar-refractivity contribution in [3.05, 3.63) is 29.8 Å². The van der Waals surface area contributed by atoms with Crippen molar-refractivity contribution >= 4 is 21.8 Å². The standard InChI is InChI=1S/C17H22BrNO2/c18-8-7-13-4-3-9-19(11-13)17(20)15-10-14-5-1-2-6-16(14)21-12-15/h1-2,5-6,13,15H,3-4,7-12H2. The number of amides is 1. The molecule has 3 rings (SSSR count). The highest BCUT2D eigenvalue weighted by Crippen LogP contribution is 2.29. The maximum atomic E-state index is 12.7. The number of likely N-dealkylation sites (tertiary alicyclic amines) is 1. The van der Waals surface area contributed by atoms with Crippen LogP contribution in [0.3, 0.4) is 0 Å². The van der Waals surface area contributed by atoms with Gasteiger partial charge in [-0.2, -0.15) is 0 Å². The van der Waals surface area contributed by atoms with Crippen LogP contribution in [0.5, 0.6) is 5.75 Å². The van der Waals surface area contributed by atoms with E-state index in [0.717, 1.165) is 49.0 Å². The lowest BCUT2D eigenvalue weighted by molar-refractivity contribution is -0.138. The number of piperidine rings is 1. The van der Waals surface area contributed by atoms with Gasteiger partial charge in [0.1, 0.15) is 12.4 Å². The predicted molar refractivity (Wildman–Crippen MR) is 86.8 cm³/mol. The second kappa shape index (κ2) is 6.82. The number of nitrogens with zero attached hydrogens (tertiary/aromatic N) is 1. The van der Waals surface area contributed by atoms with Gasteiger partial charge in [0, 0.05) is 18.4 Å². The Hall–Kier alpha value is -1.03. The highest BCUT2D eigenvalue weighted by molar-refractivity contribution is 9.09. The number of hydrogen-bond donors (Lipinski definition) is 0. The third-order valence-electron chi connectivity index (χ3n) is 4.58. The first kappa shape index (κ1) is 14.9. The number of fused-ring (bicyclic) bond motifs is 1. The number of carbonyl (C=O) groups excluding carboxylic acids is 1. The van der Waals surface area contributed by atoms with Crippen molar-refractivity contribution in [1.29, 1.82) is 0 Å². The van der Waals surface area contributed by atoms with Gasteiger partial charge in [-0.05, 0) is 43.2 Å². The van der Waals surface area contributed by atoms with Gasteiger partial charge in [0.15, 0.2) is 0 Å². The Morgan fingerprint density at radius 1 is 1.38 bits per heavy atom. The third-order valence-corrected chi connectivity index (χ3v) is 5.03. The first-order chi connectivity index (χ1) is 10.3. The highest BCUT2D eigenvalue weighted by atomic mass is 79.9. The van der Waals surface area contributed by atoms with Crippen LogP contribution < -0.4 is 4.74 Å². The quantitative estimate of drug-likeness (QED) is 0.782. The monoisotopic (exact) mass is 351 g/mol. The molecule has 0 aliphatic carbocycles. The number of para-hydroxylation sites is 1. The molecule has 0 radical (unpaired) electrons. The number of hydrogen-bond acceptors (Lipinski definition) is 2. The van der Waals surface area contributed by atoms with Crippen LogP contribution in [-0.2, 0) is 11.2 Å². The van der Waals surface area contributed by atoms with Gasteiger partial charge < -0.3 is 9.64 Å². The van der Waals surface area contributed by atoms with E-state index in [1.807, 2.05) is 18.2 Å². The zero-order valence-electron chi connectivity index (χ0n) is 12.3. The Morgan fingerprint density at radius 2 is 2.24 bits per heavy atom. The highest BCUT2D eigenvalue weighted by Gasteiger charge is 2.31. The summed E-state index contributed by atoms with van der Waals surface area (Å²) in [6.07, 6.45) is 4.36. The van der Waals surface area contributed by atoms with Gasteiger partial charge in [0.05, 0.1) is 5.92 Å². The molecule has 2 heterocycles. The van der Waals surface area contributed by atoms with Gasteiger partial charge >= 0.3 is 0 Å². The van der Waals surface area contributed by atoms with Gasteiger partial charge in [-0.25, -0.2) is 0 Å². The SMILES string of the molecule is O=C(C1COc2ccccc2C1)N1CCCC(CCBr)C1. The zero-order chi connectivity index (χ0) is 14.7. The molecule has 0 saturated carbocycles. The van der Waals surface area contributed by atoms with Crippen LogP contribution in [0.2, 0.25) is 0 Å². The Labute approximate surface area is 134 Å². The Bertz CT molecular complexity index is 503. The number of ether oxygens (including phenoxy) is 1. The van der Waals surface area contributed by atoms with Crippen LogP contribution in [0.15, 0.2) is 24.3 Å². The average molecular weight is 352 g/mol. The molecule has 2 unspecified atom stereocenters. The van der Waals surface area contributed by atoms with Crippen molar-refractivity contribution in [2.75, 3.05) is 25.0 Å². The fourth-order valence-electron chi connectivity index (χ4n) is 3.40. The van der Waals surface area contributed by atoms with Crippen LogP contribution in [0.25, 0.3) is 0 Å². The molecule has 1 aromatic carbocycles. The van der Waals surface area contributed by atoms with Gasteiger partial charge in [-0.3, -0.25) is 4.79 Å². The van der Waals surface area contributed by atoms with E-state index < -0.39 is 0 Å². The number of rotatable bonds is 3. The number of alkyl halides is 1. The van der Waals surface area contributed by atoms with Crippen LogP contribution >= 0.6 is 15.9 Å². The molecular formula is C17H22BrNO2. The topological polar surface area (TPSA) is 29.5 Å². The van der Waals surface area contributed by atoms with Crippen molar-refractivity contribution in [3.63, 3.8) is 0 Å². The Kier molecular flexibility index (Phi) is 4.84. The molecule has 1 fully saturated rings. The van der Waals surface area contributed by atoms with Crippen molar-refractivity contribution in [1.82, 2.24) is 4.90 Å². The molecule has 2 aliphatic heterocycles. The van der Waals surface area contributed by atoms with E-state index in [0.29, 0.717) is 12.5 Å². The maximum Gasteiger partial charge on any atom is 0.229 e. The summed E-state index contributed by atoms with van der Waals surface area (Å²) in [6.45, 7) is 2.35. The normalized spacial score (nSPS) is 25.1. The second-order valence-electron chi connectivity index (χ2n) is 6.09. The van der Waals surface area contributed by atoms with Crippen LogP contribution in [0.1, 0.15) is 24.8 Å². The summed E-state index contributed by atoms with van der Waals surface area (Å²) in [4.78, 5) is 14.8. The number of halogens is 1. The predicted octanol–water partition coefficient (Wildman–Crippen LogP) is 3.26. The van der Waals surface area contributed by atoms with Crippen molar-refractivity contribution in [3.8, 4) is 5.75 Å². The molecular weight excluding hydrogens is 330 g/mol. The van der Waals surface area contributed by atoms with Crippen molar-refractivity contribution < 1.29 is 9.53 Å².